The van der Waals surface area contributed by atoms with Crippen LogP contribution in [0.5, 0.6) is 0 Å². The van der Waals surface area contributed by atoms with Gasteiger partial charge in [-0.3, -0.25) is 0 Å². The minimum Gasteiger partial charge on any atom is -0.382 e. The lowest BCUT2D eigenvalue weighted by atomic mass is 10.1. The van der Waals surface area contributed by atoms with Crippen LogP contribution in [-0.2, 0) is 9.47 Å². The van der Waals surface area contributed by atoms with Crippen LogP contribution in [0, 0.1) is 0 Å². The van der Waals surface area contributed by atoms with Gasteiger partial charge in [0, 0.05) is 20.2 Å². The van der Waals surface area contributed by atoms with Gasteiger partial charge in [-0.15, -0.1) is 0 Å². The van der Waals surface area contributed by atoms with Gasteiger partial charge in [-0.1, -0.05) is 12.1 Å². The molecule has 1 aliphatic heterocycles. The maximum Gasteiger partial charge on any atom is 0.204 e. The van der Waals surface area contributed by atoms with E-state index in [2.05, 4.69) is 28.7 Å². The van der Waals surface area contributed by atoms with Crippen LogP contribution in [0.15, 0.2) is 24.3 Å². The van der Waals surface area contributed by atoms with Crippen molar-refractivity contribution >= 4 is 17.0 Å². The predicted molar refractivity (Wildman–Crippen MR) is 79.1 cm³/mol. The summed E-state index contributed by atoms with van der Waals surface area (Å²) in [7, 11) is 1.70. The van der Waals surface area contributed by atoms with E-state index >= 15 is 0 Å². The van der Waals surface area contributed by atoms with Crippen LogP contribution in [0.4, 0.5) is 5.95 Å². The summed E-state index contributed by atoms with van der Waals surface area (Å²) < 4.78 is 11.3. The molecule has 1 atom stereocenters. The number of H-pyrrole nitrogens is 1. The Balaban J connectivity index is 1.87. The Labute approximate surface area is 118 Å². The fourth-order valence-corrected chi connectivity index (χ4v) is 2.82. The summed E-state index contributed by atoms with van der Waals surface area (Å²) in [5, 5.41) is 0. The molecule has 0 amide bonds. The monoisotopic (exact) mass is 275 g/mol. The summed E-state index contributed by atoms with van der Waals surface area (Å²) in [4.78, 5) is 10.3. The minimum atomic E-state index is -0.208. The average molecular weight is 275 g/mol. The zero-order chi connectivity index (χ0) is 14.2. The third-order valence-electron chi connectivity index (χ3n) is 3.51. The summed E-state index contributed by atoms with van der Waals surface area (Å²) in [6.45, 7) is 6.40. The van der Waals surface area contributed by atoms with E-state index < -0.39 is 0 Å². The van der Waals surface area contributed by atoms with Crippen molar-refractivity contribution in [2.24, 2.45) is 0 Å². The van der Waals surface area contributed by atoms with Gasteiger partial charge in [-0.2, -0.15) is 0 Å². The zero-order valence-electron chi connectivity index (χ0n) is 12.2. The van der Waals surface area contributed by atoms with E-state index in [9.17, 15) is 0 Å². The second-order valence-electron chi connectivity index (χ2n) is 5.91. The molecule has 1 aromatic carbocycles. The first kappa shape index (κ1) is 13.4. The van der Waals surface area contributed by atoms with Crippen LogP contribution in [-0.4, -0.2) is 48.5 Å². The summed E-state index contributed by atoms with van der Waals surface area (Å²) in [6.07, 6.45) is 0.0666. The number of ether oxygens (including phenoxy) is 2. The van der Waals surface area contributed by atoms with Crippen LogP contribution in [0.1, 0.15) is 13.8 Å². The van der Waals surface area contributed by atoms with E-state index in [0.29, 0.717) is 6.61 Å². The molecule has 2 aromatic rings. The summed E-state index contributed by atoms with van der Waals surface area (Å²) in [6, 6.07) is 8.09. The molecular formula is C15H21N3O2. The molecule has 1 N–H and O–H groups in total. The molecule has 0 aliphatic carbocycles. The van der Waals surface area contributed by atoms with Crippen LogP contribution in [0.2, 0.25) is 0 Å². The standard InChI is InChI=1S/C15H21N3O2/c1-15(2)10-18(8-11(20-15)9-19-3)14-16-12-6-4-5-7-13(12)17-14/h4-7,11H,8-10H2,1-3H3,(H,16,17)/t11-/m0/s1. The van der Waals surface area contributed by atoms with E-state index in [4.69, 9.17) is 9.47 Å². The molecule has 1 aliphatic rings. The largest absolute Gasteiger partial charge is 0.382 e. The second-order valence-corrected chi connectivity index (χ2v) is 5.91. The van der Waals surface area contributed by atoms with Gasteiger partial charge in [0.05, 0.1) is 29.3 Å². The molecule has 20 heavy (non-hydrogen) atoms. The molecule has 108 valence electrons. The summed E-state index contributed by atoms with van der Waals surface area (Å²) in [5.74, 6) is 0.906. The van der Waals surface area contributed by atoms with Gasteiger partial charge in [-0.05, 0) is 26.0 Å². The Bertz CT molecular complexity index is 561. The van der Waals surface area contributed by atoms with E-state index in [1.165, 1.54) is 0 Å². The fraction of sp³-hybridized carbons (Fsp3) is 0.533. The Morgan fingerprint density at radius 1 is 1.45 bits per heavy atom. The lowest BCUT2D eigenvalue weighted by Crippen LogP contribution is -2.54. The molecule has 3 rings (SSSR count). The van der Waals surface area contributed by atoms with Crippen molar-refractivity contribution < 1.29 is 9.47 Å². The molecule has 0 unspecified atom stereocenters. The molecule has 0 saturated carbocycles. The van der Waals surface area contributed by atoms with Crippen molar-refractivity contribution in [2.45, 2.75) is 25.6 Å². The third-order valence-corrected chi connectivity index (χ3v) is 3.51. The summed E-state index contributed by atoms with van der Waals surface area (Å²) in [5.41, 5.74) is 1.85. The molecule has 2 heterocycles. The number of rotatable bonds is 3. The first-order valence-electron chi connectivity index (χ1n) is 6.94. The number of methoxy groups -OCH3 is 1. The SMILES string of the molecule is COC[C@@H]1CN(c2nc3ccccc3[nH]2)CC(C)(C)O1. The number of morpholine rings is 1. The van der Waals surface area contributed by atoms with Crippen molar-refractivity contribution in [1.29, 1.82) is 0 Å². The highest BCUT2D eigenvalue weighted by molar-refractivity contribution is 5.77. The number of hydrogen-bond donors (Lipinski definition) is 1. The van der Waals surface area contributed by atoms with Crippen LogP contribution < -0.4 is 4.90 Å². The molecule has 0 spiro atoms. The highest BCUT2D eigenvalue weighted by atomic mass is 16.5. The normalized spacial score (nSPS) is 22.4. The second kappa shape index (κ2) is 5.07. The highest BCUT2D eigenvalue weighted by Gasteiger charge is 2.34. The Morgan fingerprint density at radius 3 is 3.00 bits per heavy atom. The number of para-hydroxylation sites is 2. The van der Waals surface area contributed by atoms with Gasteiger partial charge in [0.25, 0.3) is 0 Å². The highest BCUT2D eigenvalue weighted by Crippen LogP contribution is 2.26. The van der Waals surface area contributed by atoms with Crippen LogP contribution in [0.3, 0.4) is 0 Å². The number of aromatic nitrogens is 2. The number of benzene rings is 1. The number of anilines is 1. The molecule has 0 bridgehead atoms. The first-order chi connectivity index (χ1) is 9.57. The van der Waals surface area contributed by atoms with Crippen molar-refractivity contribution in [3.8, 4) is 0 Å². The maximum atomic E-state index is 6.03. The maximum absolute atomic E-state index is 6.03. The number of nitrogens with one attached hydrogen (secondary N) is 1. The number of imidazole rings is 1. The van der Waals surface area contributed by atoms with Crippen LogP contribution >= 0.6 is 0 Å². The molecule has 1 saturated heterocycles. The summed E-state index contributed by atoms with van der Waals surface area (Å²) >= 11 is 0. The van der Waals surface area contributed by atoms with E-state index in [0.717, 1.165) is 30.1 Å². The number of aromatic amines is 1. The third kappa shape index (κ3) is 2.64. The molecule has 0 radical (unpaired) electrons. The Kier molecular flexibility index (Phi) is 3.40. The van der Waals surface area contributed by atoms with Gasteiger partial charge in [-0.25, -0.2) is 4.98 Å². The lowest BCUT2D eigenvalue weighted by Gasteiger charge is -2.42. The van der Waals surface area contributed by atoms with Crippen molar-refractivity contribution in [3.63, 3.8) is 0 Å². The Morgan fingerprint density at radius 2 is 2.25 bits per heavy atom. The predicted octanol–water partition coefficient (Wildman–Crippen LogP) is 2.19. The number of fused-ring (bicyclic) bond motifs is 1. The van der Waals surface area contributed by atoms with Gasteiger partial charge < -0.3 is 19.4 Å². The smallest absolute Gasteiger partial charge is 0.204 e. The van der Waals surface area contributed by atoms with Crippen molar-refractivity contribution in [2.75, 3.05) is 31.7 Å². The minimum absolute atomic E-state index is 0.0666. The van der Waals surface area contributed by atoms with Gasteiger partial charge in [0.1, 0.15) is 0 Å². The van der Waals surface area contributed by atoms with E-state index in [1.807, 2.05) is 24.3 Å². The molecule has 5 heteroatoms. The van der Waals surface area contributed by atoms with E-state index in [1.54, 1.807) is 7.11 Å². The topological polar surface area (TPSA) is 50.4 Å². The quantitative estimate of drug-likeness (QED) is 0.933. The molecule has 1 aromatic heterocycles. The van der Waals surface area contributed by atoms with Gasteiger partial charge >= 0.3 is 0 Å². The molecular weight excluding hydrogens is 254 g/mol. The first-order valence-corrected chi connectivity index (χ1v) is 6.94. The van der Waals surface area contributed by atoms with Crippen molar-refractivity contribution in [3.05, 3.63) is 24.3 Å². The van der Waals surface area contributed by atoms with Crippen LogP contribution in [0.25, 0.3) is 11.0 Å². The average Bonchev–Trinajstić information content (AvgIpc) is 2.81. The van der Waals surface area contributed by atoms with E-state index in [-0.39, 0.29) is 11.7 Å². The zero-order valence-corrected chi connectivity index (χ0v) is 12.2. The van der Waals surface area contributed by atoms with Gasteiger partial charge in [0.15, 0.2) is 0 Å². The molecule has 1 fully saturated rings. The number of hydrogen-bond acceptors (Lipinski definition) is 4. The van der Waals surface area contributed by atoms with Gasteiger partial charge in [0.2, 0.25) is 5.95 Å². The number of nitrogens with zero attached hydrogens (tertiary/aromatic N) is 2. The lowest BCUT2D eigenvalue weighted by molar-refractivity contribution is -0.106. The molecule has 5 nitrogen and oxygen atoms in total. The Hall–Kier alpha value is -1.59. The van der Waals surface area contributed by atoms with Crippen molar-refractivity contribution in [1.82, 2.24) is 9.97 Å². The fourth-order valence-electron chi connectivity index (χ4n) is 2.82.